The van der Waals surface area contributed by atoms with Crippen LogP contribution in [-0.2, 0) is 0 Å². The topological polar surface area (TPSA) is 46.8 Å². The fourth-order valence-corrected chi connectivity index (χ4v) is 11.9. The molecule has 2 unspecified atom stereocenters. The molecule has 0 radical (unpaired) electrons. The molecule has 13 aromatic rings. The van der Waals surface area contributed by atoms with Gasteiger partial charge in [0.25, 0.3) is 0 Å². The number of rotatable bonds is 9. The molecule has 0 fully saturated rings. The first-order valence-electron chi connectivity index (χ1n) is 26.7. The highest BCUT2D eigenvalue weighted by Crippen LogP contribution is 2.52. The third-order valence-electron chi connectivity index (χ3n) is 15.8. The second kappa shape index (κ2) is 18.9. The second-order valence-corrected chi connectivity index (χ2v) is 20.3. The van der Waals surface area contributed by atoms with Crippen LogP contribution < -0.4 is 4.90 Å². The van der Waals surface area contributed by atoms with Gasteiger partial charge >= 0.3 is 0 Å². The molecule has 0 bridgehead atoms. The first kappa shape index (κ1) is 45.2. The van der Waals surface area contributed by atoms with Gasteiger partial charge in [-0.3, -0.25) is 4.57 Å². The van der Waals surface area contributed by atoms with E-state index in [1.807, 2.05) is 12.1 Å². The van der Waals surface area contributed by atoms with Crippen molar-refractivity contribution in [3.63, 3.8) is 0 Å². The van der Waals surface area contributed by atoms with Gasteiger partial charge in [-0.2, -0.15) is 9.97 Å². The Morgan fingerprint density at radius 2 is 0.769 bits per heavy atom. The highest BCUT2D eigenvalue weighted by Gasteiger charge is 2.39. The number of fused-ring (bicyclic) bond motifs is 7. The van der Waals surface area contributed by atoms with Crippen molar-refractivity contribution < 1.29 is 0 Å². The van der Waals surface area contributed by atoms with E-state index in [1.54, 1.807) is 0 Å². The minimum Gasteiger partial charge on any atom is -0.333 e. The summed E-state index contributed by atoms with van der Waals surface area (Å²) < 4.78 is 2.23. The quantitative estimate of drug-likeness (QED) is 0.145. The zero-order valence-corrected chi connectivity index (χ0v) is 42.5. The summed E-state index contributed by atoms with van der Waals surface area (Å²) in [5.41, 5.74) is 19.3. The highest BCUT2D eigenvalue weighted by atomic mass is 15.2. The van der Waals surface area contributed by atoms with Crippen LogP contribution in [-0.4, -0.2) is 25.6 Å². The van der Waals surface area contributed by atoms with Crippen molar-refractivity contribution in [3.8, 4) is 73.2 Å². The van der Waals surface area contributed by atoms with Crippen LogP contribution >= 0.6 is 0 Å². The van der Waals surface area contributed by atoms with Crippen molar-refractivity contribution in [2.24, 2.45) is 0 Å². The average molecular weight is 996 g/mol. The predicted octanol–water partition coefficient (Wildman–Crippen LogP) is 18.4. The molecule has 2 aliphatic rings. The van der Waals surface area contributed by atoms with Gasteiger partial charge in [0, 0.05) is 44.6 Å². The smallest absolute Gasteiger partial charge is 0.238 e. The van der Waals surface area contributed by atoms with E-state index in [2.05, 4.69) is 282 Å². The Hall–Kier alpha value is -10.2. The summed E-state index contributed by atoms with van der Waals surface area (Å²) in [4.78, 5) is 18.6. The maximum Gasteiger partial charge on any atom is 0.238 e. The first-order chi connectivity index (χ1) is 38.6. The first-order valence-corrected chi connectivity index (χ1v) is 26.7. The largest absolute Gasteiger partial charge is 0.333 e. The van der Waals surface area contributed by atoms with Crippen LogP contribution in [0.4, 0.5) is 11.4 Å². The van der Waals surface area contributed by atoms with Crippen LogP contribution in [0.25, 0.3) is 111 Å². The standard InChI is InChI=1S/C73H49N5/c1-5-16-48(17-6-1)52-28-32-55(33-29-52)71-74-72(56-34-30-53(31-35-56)49-18-7-2-8-19-49)76-73(75-71)78-69-42-37-58(51-22-11-4-12-23-51)45-64(69)65-47-60(39-43-70(65)78)59-38-41-68-63(46-59)62-44-57(50-20-9-3-10-21-50)36-40-67(62)77(68)66-27-15-25-54-24-13-14-26-61(54)66/h1-47,63,68H. The number of aromatic nitrogens is 4. The Labute approximate surface area is 453 Å². The number of benzene rings is 11. The normalized spacial score (nSPS) is 14.7. The lowest BCUT2D eigenvalue weighted by atomic mass is 9.85. The maximum atomic E-state index is 5.38. The van der Waals surface area contributed by atoms with Gasteiger partial charge < -0.3 is 4.90 Å². The monoisotopic (exact) mass is 995 g/mol. The van der Waals surface area contributed by atoms with Gasteiger partial charge in [-0.25, -0.2) is 4.98 Å². The fourth-order valence-electron chi connectivity index (χ4n) is 11.9. The summed E-state index contributed by atoms with van der Waals surface area (Å²) in [6, 6.07) is 95.7. The van der Waals surface area contributed by atoms with Crippen LogP contribution in [0.15, 0.2) is 285 Å². The molecular weight excluding hydrogens is 947 g/mol. The summed E-state index contributed by atoms with van der Waals surface area (Å²) in [6.45, 7) is 0. The molecule has 366 valence electrons. The molecular formula is C73H49N5. The third kappa shape index (κ3) is 7.91. The molecule has 0 saturated carbocycles. The summed E-state index contributed by atoms with van der Waals surface area (Å²) in [6.07, 6.45) is 7.28. The van der Waals surface area contributed by atoms with E-state index in [1.165, 1.54) is 44.4 Å². The molecule has 0 spiro atoms. The van der Waals surface area contributed by atoms with E-state index in [0.29, 0.717) is 17.6 Å². The Kier molecular flexibility index (Phi) is 10.9. The summed E-state index contributed by atoms with van der Waals surface area (Å²) >= 11 is 0. The van der Waals surface area contributed by atoms with Crippen molar-refractivity contribution in [1.82, 2.24) is 19.5 Å². The zero-order chi connectivity index (χ0) is 51.5. The van der Waals surface area contributed by atoms with Gasteiger partial charge in [-0.1, -0.05) is 243 Å². The molecule has 15 rings (SSSR count). The van der Waals surface area contributed by atoms with Crippen molar-refractivity contribution in [2.45, 2.75) is 12.0 Å². The van der Waals surface area contributed by atoms with E-state index < -0.39 is 0 Å². The molecule has 11 aromatic carbocycles. The number of anilines is 2. The van der Waals surface area contributed by atoms with E-state index in [9.17, 15) is 0 Å². The molecule has 2 atom stereocenters. The van der Waals surface area contributed by atoms with E-state index in [0.717, 1.165) is 71.9 Å². The molecule has 2 aromatic heterocycles. The van der Waals surface area contributed by atoms with Gasteiger partial charge in [-0.05, 0) is 109 Å². The average Bonchev–Trinajstić information content (AvgIpc) is 4.06. The SMILES string of the molecule is C1=CC2C(C=C1c1ccc3c(c1)c1cc(-c4ccccc4)ccc1n3-c1nc(-c3ccc(-c4ccccc4)cc3)nc(-c3ccc(-c4ccccc4)cc3)n1)c1cc(-c3ccccc3)ccc1N2c1cccc2ccccc12. The number of nitrogens with zero attached hydrogens (tertiary/aromatic N) is 5. The molecule has 78 heavy (non-hydrogen) atoms. The number of hydrogen-bond acceptors (Lipinski definition) is 4. The Morgan fingerprint density at radius 3 is 1.36 bits per heavy atom. The lowest BCUT2D eigenvalue weighted by Crippen LogP contribution is -2.29. The fraction of sp³-hybridized carbons (Fsp3) is 0.0274. The Morgan fingerprint density at radius 1 is 0.321 bits per heavy atom. The Bertz CT molecular complexity index is 4360. The minimum atomic E-state index is 0.0935. The number of hydrogen-bond donors (Lipinski definition) is 0. The van der Waals surface area contributed by atoms with Crippen LogP contribution in [0, 0.1) is 0 Å². The minimum absolute atomic E-state index is 0.0935. The van der Waals surface area contributed by atoms with Crippen LogP contribution in [0.1, 0.15) is 17.0 Å². The molecule has 0 N–H and O–H groups in total. The van der Waals surface area contributed by atoms with Gasteiger partial charge in [0.2, 0.25) is 5.95 Å². The van der Waals surface area contributed by atoms with E-state index >= 15 is 0 Å². The molecule has 3 heterocycles. The lowest BCUT2D eigenvalue weighted by Gasteiger charge is -2.30. The second-order valence-electron chi connectivity index (χ2n) is 20.3. The molecule has 1 aliphatic heterocycles. The summed E-state index contributed by atoms with van der Waals surface area (Å²) in [7, 11) is 0. The maximum absolute atomic E-state index is 5.38. The zero-order valence-electron chi connectivity index (χ0n) is 42.5. The van der Waals surface area contributed by atoms with Gasteiger partial charge in [0.15, 0.2) is 11.6 Å². The lowest BCUT2D eigenvalue weighted by molar-refractivity contribution is 0.748. The van der Waals surface area contributed by atoms with E-state index in [-0.39, 0.29) is 12.0 Å². The van der Waals surface area contributed by atoms with E-state index in [4.69, 9.17) is 15.0 Å². The van der Waals surface area contributed by atoms with Crippen molar-refractivity contribution >= 4 is 49.5 Å². The van der Waals surface area contributed by atoms with Crippen molar-refractivity contribution in [1.29, 1.82) is 0 Å². The predicted molar refractivity (Wildman–Crippen MR) is 323 cm³/mol. The highest BCUT2D eigenvalue weighted by molar-refractivity contribution is 6.11. The number of allylic oxidation sites excluding steroid dienone is 2. The molecule has 5 nitrogen and oxygen atoms in total. The van der Waals surface area contributed by atoms with Crippen molar-refractivity contribution in [3.05, 3.63) is 296 Å². The van der Waals surface area contributed by atoms with Gasteiger partial charge in [0.1, 0.15) is 0 Å². The molecule has 5 heteroatoms. The van der Waals surface area contributed by atoms with Crippen molar-refractivity contribution in [2.75, 3.05) is 4.90 Å². The summed E-state index contributed by atoms with van der Waals surface area (Å²) in [5, 5.41) is 4.72. The molecule has 0 saturated heterocycles. The van der Waals surface area contributed by atoms with Gasteiger partial charge in [0.05, 0.1) is 17.1 Å². The third-order valence-corrected chi connectivity index (χ3v) is 15.8. The summed E-state index contributed by atoms with van der Waals surface area (Å²) in [5.74, 6) is 1.87. The van der Waals surface area contributed by atoms with Crippen LogP contribution in [0.2, 0.25) is 0 Å². The molecule has 0 amide bonds. The van der Waals surface area contributed by atoms with Crippen LogP contribution in [0.3, 0.4) is 0 Å². The molecule has 1 aliphatic carbocycles. The van der Waals surface area contributed by atoms with Crippen LogP contribution in [0.5, 0.6) is 0 Å². The Balaban J connectivity index is 0.892. The van der Waals surface area contributed by atoms with Gasteiger partial charge in [-0.15, -0.1) is 0 Å².